The van der Waals surface area contributed by atoms with Gasteiger partial charge in [-0.05, 0) is 38.5 Å². The molecule has 0 aliphatic heterocycles. The zero-order valence-electron chi connectivity index (χ0n) is 50.0. The Labute approximate surface area is 459 Å². The minimum absolute atomic E-state index is 0.174. The minimum atomic E-state index is -1.50. The van der Waals surface area contributed by atoms with Crippen LogP contribution in [-0.2, 0) is 33.3 Å². The number of aliphatic carboxylic acids is 1. The van der Waals surface area contributed by atoms with Gasteiger partial charge >= 0.3 is 17.9 Å². The number of allylic oxidation sites excluding steroid dienone is 2. The third-order valence-corrected chi connectivity index (χ3v) is 14.8. The van der Waals surface area contributed by atoms with Gasteiger partial charge in [-0.1, -0.05) is 289 Å². The second kappa shape index (κ2) is 57.2. The summed E-state index contributed by atoms with van der Waals surface area (Å²) in [6, 6.07) is 0. The minimum Gasteiger partial charge on any atom is -0.477 e. The van der Waals surface area contributed by atoms with E-state index in [2.05, 4.69) is 26.0 Å². The second-order valence-electron chi connectivity index (χ2n) is 23.4. The molecular formula is C65H126NO8+. The van der Waals surface area contributed by atoms with Crippen molar-refractivity contribution in [2.45, 2.75) is 341 Å². The topological polar surface area (TPSA) is 108 Å². The van der Waals surface area contributed by atoms with E-state index in [0.717, 1.165) is 38.5 Å². The highest BCUT2D eigenvalue weighted by atomic mass is 16.7. The number of carboxylic acid groups (broad SMARTS) is 1. The van der Waals surface area contributed by atoms with Crippen molar-refractivity contribution in [3.05, 3.63) is 12.2 Å². The number of carbonyl (C=O) groups is 3. The number of carbonyl (C=O) groups excluding carboxylic acids is 2. The molecule has 74 heavy (non-hydrogen) atoms. The molecule has 0 fully saturated rings. The van der Waals surface area contributed by atoms with E-state index in [1.807, 2.05) is 21.1 Å². The summed E-state index contributed by atoms with van der Waals surface area (Å²) in [6.07, 6.45) is 65.0. The van der Waals surface area contributed by atoms with Crippen molar-refractivity contribution in [2.75, 3.05) is 47.5 Å². The molecule has 0 aliphatic rings. The average molecular weight is 1050 g/mol. The average Bonchev–Trinajstić information content (AvgIpc) is 3.37. The highest BCUT2D eigenvalue weighted by molar-refractivity contribution is 5.71. The van der Waals surface area contributed by atoms with Gasteiger partial charge in [-0.15, -0.1) is 0 Å². The first-order chi connectivity index (χ1) is 36.1. The Balaban J connectivity index is 3.84. The summed E-state index contributed by atoms with van der Waals surface area (Å²) in [4.78, 5) is 37.3. The zero-order chi connectivity index (χ0) is 54.1. The second-order valence-corrected chi connectivity index (χ2v) is 23.4. The number of hydrogen-bond acceptors (Lipinski definition) is 7. The van der Waals surface area contributed by atoms with E-state index in [4.69, 9.17) is 18.9 Å². The number of likely N-dealkylation sites (N-methyl/N-ethyl adjacent to an activating group) is 1. The molecule has 0 rings (SSSR count). The predicted molar refractivity (Wildman–Crippen MR) is 314 cm³/mol. The van der Waals surface area contributed by atoms with Gasteiger partial charge in [-0.2, -0.15) is 0 Å². The van der Waals surface area contributed by atoms with E-state index >= 15 is 0 Å². The fraction of sp³-hybridized carbons (Fsp3) is 0.923. The van der Waals surface area contributed by atoms with Gasteiger partial charge in [0.05, 0.1) is 34.4 Å². The normalized spacial score (nSPS) is 12.7. The van der Waals surface area contributed by atoms with Crippen LogP contribution < -0.4 is 0 Å². The maximum Gasteiger partial charge on any atom is 0.361 e. The quantitative estimate of drug-likeness (QED) is 0.0211. The Bertz CT molecular complexity index is 1220. The maximum atomic E-state index is 12.9. The SMILES string of the molecule is CCCCCCCCCC/C=C\CCCCCCCCCCCCCCCCCCCCCCCCCCCCCC(=O)OC(COC(=O)CCCCCCCCCCCC)COC(OCC[N+](C)(C)C)C(=O)O. The molecule has 0 bridgehead atoms. The fourth-order valence-electron chi connectivity index (χ4n) is 9.78. The third-order valence-electron chi connectivity index (χ3n) is 14.8. The first-order valence-electron chi connectivity index (χ1n) is 32.4. The Morgan fingerprint density at radius 1 is 0.392 bits per heavy atom. The number of nitrogens with zero attached hydrogens (tertiary/aromatic N) is 1. The first-order valence-corrected chi connectivity index (χ1v) is 32.4. The van der Waals surface area contributed by atoms with Gasteiger partial charge in [-0.25, -0.2) is 4.79 Å². The summed E-state index contributed by atoms with van der Waals surface area (Å²) in [7, 11) is 5.98. The monoisotopic (exact) mass is 1050 g/mol. The molecule has 0 amide bonds. The highest BCUT2D eigenvalue weighted by Crippen LogP contribution is 2.18. The Morgan fingerprint density at radius 2 is 0.689 bits per heavy atom. The van der Waals surface area contributed by atoms with Crippen LogP contribution in [0.15, 0.2) is 12.2 Å². The van der Waals surface area contributed by atoms with Crippen molar-refractivity contribution in [3.8, 4) is 0 Å². The number of esters is 2. The summed E-state index contributed by atoms with van der Waals surface area (Å²) >= 11 is 0. The molecule has 1 N–H and O–H groups in total. The molecule has 0 aliphatic carbocycles. The lowest BCUT2D eigenvalue weighted by Gasteiger charge is -2.25. The summed E-state index contributed by atoms with van der Waals surface area (Å²) in [6.45, 7) is 4.91. The molecule has 2 unspecified atom stereocenters. The third kappa shape index (κ3) is 57.7. The van der Waals surface area contributed by atoms with Crippen LogP contribution in [0.4, 0.5) is 0 Å². The molecule has 0 aromatic heterocycles. The van der Waals surface area contributed by atoms with Crippen molar-refractivity contribution in [2.24, 2.45) is 0 Å². The van der Waals surface area contributed by atoms with Crippen molar-refractivity contribution in [3.63, 3.8) is 0 Å². The molecule has 0 heterocycles. The van der Waals surface area contributed by atoms with E-state index in [1.165, 1.54) is 263 Å². The summed E-state index contributed by atoms with van der Waals surface area (Å²) in [5.74, 6) is -1.98. The van der Waals surface area contributed by atoms with E-state index in [9.17, 15) is 19.5 Å². The first kappa shape index (κ1) is 72.0. The van der Waals surface area contributed by atoms with Crippen LogP contribution in [0, 0.1) is 0 Å². The van der Waals surface area contributed by atoms with Gasteiger partial charge in [0, 0.05) is 12.8 Å². The predicted octanol–water partition coefficient (Wildman–Crippen LogP) is 19.3. The number of quaternary nitrogens is 1. The molecule has 0 aromatic rings. The number of unbranched alkanes of at least 4 members (excludes halogenated alkanes) is 44. The number of hydrogen-bond donors (Lipinski definition) is 1. The standard InChI is InChI=1S/C65H125NO8/c1-6-8-10-12-14-16-18-19-20-21-22-23-24-25-26-27-28-29-30-31-32-33-34-35-36-37-38-39-40-41-42-43-44-45-46-48-50-52-54-56-63(68)74-61(60-73-65(64(69)70)71-58-57-66(3,4)5)59-72-62(67)55-53-51-49-47-17-15-13-11-9-7-2/h21-22,61,65H,6-20,23-60H2,1-5H3/p+1/b22-21-. The van der Waals surface area contributed by atoms with Gasteiger partial charge < -0.3 is 28.5 Å². The molecule has 2 atom stereocenters. The lowest BCUT2D eigenvalue weighted by molar-refractivity contribution is -0.870. The highest BCUT2D eigenvalue weighted by Gasteiger charge is 2.25. The molecule has 9 nitrogen and oxygen atoms in total. The summed E-state index contributed by atoms with van der Waals surface area (Å²) in [5, 5.41) is 9.68. The Morgan fingerprint density at radius 3 is 1.00 bits per heavy atom. The van der Waals surface area contributed by atoms with Crippen LogP contribution in [-0.4, -0.2) is 87.4 Å². The molecule has 438 valence electrons. The zero-order valence-corrected chi connectivity index (χ0v) is 50.0. The van der Waals surface area contributed by atoms with E-state index < -0.39 is 18.4 Å². The van der Waals surface area contributed by atoms with Gasteiger partial charge in [0.1, 0.15) is 13.2 Å². The number of rotatable bonds is 61. The van der Waals surface area contributed by atoms with Crippen molar-refractivity contribution in [1.82, 2.24) is 0 Å². The van der Waals surface area contributed by atoms with Crippen molar-refractivity contribution < 1.29 is 42.9 Å². The Kier molecular flexibility index (Phi) is 55.7. The van der Waals surface area contributed by atoms with E-state index in [1.54, 1.807) is 0 Å². The van der Waals surface area contributed by atoms with Gasteiger partial charge in [0.25, 0.3) is 6.29 Å². The Hall–Kier alpha value is -1.97. The van der Waals surface area contributed by atoms with Gasteiger partial charge in [0.2, 0.25) is 0 Å². The molecule has 9 heteroatoms. The van der Waals surface area contributed by atoms with Gasteiger partial charge in [0.15, 0.2) is 6.10 Å². The summed E-state index contributed by atoms with van der Waals surface area (Å²) in [5.41, 5.74) is 0. The van der Waals surface area contributed by atoms with Gasteiger partial charge in [-0.3, -0.25) is 9.59 Å². The lowest BCUT2D eigenvalue weighted by Crippen LogP contribution is -2.40. The van der Waals surface area contributed by atoms with Crippen LogP contribution >= 0.6 is 0 Å². The van der Waals surface area contributed by atoms with Crippen LogP contribution in [0.25, 0.3) is 0 Å². The lowest BCUT2D eigenvalue weighted by atomic mass is 10.0. The van der Waals surface area contributed by atoms with Crippen molar-refractivity contribution in [1.29, 1.82) is 0 Å². The molecule has 0 spiro atoms. The number of ether oxygens (including phenoxy) is 4. The van der Waals surface area contributed by atoms with Crippen LogP contribution in [0.3, 0.4) is 0 Å². The fourth-order valence-corrected chi connectivity index (χ4v) is 9.78. The molecule has 0 saturated heterocycles. The molecule has 0 aromatic carbocycles. The van der Waals surface area contributed by atoms with Crippen LogP contribution in [0.5, 0.6) is 0 Å². The van der Waals surface area contributed by atoms with E-state index in [0.29, 0.717) is 17.4 Å². The smallest absolute Gasteiger partial charge is 0.361 e. The maximum absolute atomic E-state index is 12.9. The van der Waals surface area contributed by atoms with E-state index in [-0.39, 0.29) is 38.2 Å². The largest absolute Gasteiger partial charge is 0.477 e. The molecule has 0 radical (unpaired) electrons. The number of carboxylic acids is 1. The van der Waals surface area contributed by atoms with Crippen LogP contribution in [0.2, 0.25) is 0 Å². The molecule has 0 saturated carbocycles. The van der Waals surface area contributed by atoms with Crippen molar-refractivity contribution >= 4 is 17.9 Å². The molecular weight excluding hydrogens is 923 g/mol. The van der Waals surface area contributed by atoms with Crippen LogP contribution in [0.1, 0.15) is 328 Å². The summed E-state index contributed by atoms with van der Waals surface area (Å²) < 4.78 is 22.8.